The molecule has 0 saturated heterocycles. The largest absolute Gasteiger partial charge is 0.453 e. The van der Waals surface area contributed by atoms with Crippen molar-refractivity contribution in [1.29, 1.82) is 0 Å². The summed E-state index contributed by atoms with van der Waals surface area (Å²) < 4.78 is 32.4. The molecule has 1 aliphatic rings. The van der Waals surface area contributed by atoms with E-state index in [1.807, 2.05) is 0 Å². The first kappa shape index (κ1) is 12.8. The Labute approximate surface area is 105 Å². The molecule has 7 heteroatoms. The van der Waals surface area contributed by atoms with E-state index in [0.29, 0.717) is 5.76 Å². The van der Waals surface area contributed by atoms with Crippen molar-refractivity contribution in [3.8, 4) is 0 Å². The van der Waals surface area contributed by atoms with Crippen LogP contribution < -0.4 is 5.32 Å². The van der Waals surface area contributed by atoms with E-state index in [9.17, 15) is 13.2 Å². The molecular formula is C11H13NO5S. The number of nitrogens with one attached hydrogen (secondary N) is 1. The van der Waals surface area contributed by atoms with E-state index >= 15 is 0 Å². The fourth-order valence-electron chi connectivity index (χ4n) is 1.63. The molecule has 0 saturated carbocycles. The van der Waals surface area contributed by atoms with Gasteiger partial charge in [0.15, 0.2) is 15.6 Å². The van der Waals surface area contributed by atoms with E-state index in [1.54, 1.807) is 6.07 Å². The molecule has 98 valence electrons. The van der Waals surface area contributed by atoms with Gasteiger partial charge in [-0.1, -0.05) is 0 Å². The van der Waals surface area contributed by atoms with Gasteiger partial charge in [0.25, 0.3) is 5.91 Å². The van der Waals surface area contributed by atoms with E-state index in [0.717, 1.165) is 5.41 Å². The Balaban J connectivity index is 1.98. The van der Waals surface area contributed by atoms with Gasteiger partial charge >= 0.3 is 0 Å². The molecule has 1 unspecified atom stereocenters. The maximum Gasteiger partial charge on any atom is 0.287 e. The summed E-state index contributed by atoms with van der Waals surface area (Å²) >= 11 is 0. The molecule has 0 radical (unpaired) electrons. The fourth-order valence-corrected chi connectivity index (χ4v) is 2.86. The number of sulfone groups is 1. The van der Waals surface area contributed by atoms with Gasteiger partial charge in [-0.15, -0.1) is 0 Å². The molecule has 18 heavy (non-hydrogen) atoms. The Morgan fingerprint density at radius 1 is 1.56 bits per heavy atom. The van der Waals surface area contributed by atoms with Gasteiger partial charge < -0.3 is 14.5 Å². The van der Waals surface area contributed by atoms with Gasteiger partial charge in [-0.05, 0) is 18.2 Å². The van der Waals surface area contributed by atoms with E-state index < -0.39 is 21.8 Å². The number of rotatable bonds is 4. The summed E-state index contributed by atoms with van der Waals surface area (Å²) in [4.78, 5) is 11.8. The molecule has 0 fully saturated rings. The lowest BCUT2D eigenvalue weighted by Gasteiger charge is -2.07. The van der Waals surface area contributed by atoms with Gasteiger partial charge in [-0.2, -0.15) is 0 Å². The van der Waals surface area contributed by atoms with Crippen molar-refractivity contribution in [3.63, 3.8) is 0 Å². The van der Waals surface area contributed by atoms with Crippen LogP contribution in [0.4, 0.5) is 0 Å². The van der Waals surface area contributed by atoms with Crippen LogP contribution in [0.15, 0.2) is 28.0 Å². The van der Waals surface area contributed by atoms with Crippen LogP contribution in [0.25, 0.3) is 0 Å². The Hall–Kier alpha value is -1.60. The monoisotopic (exact) mass is 271 g/mol. The van der Waals surface area contributed by atoms with Crippen molar-refractivity contribution in [1.82, 2.24) is 5.32 Å². The highest BCUT2D eigenvalue weighted by Crippen LogP contribution is 2.11. The van der Waals surface area contributed by atoms with Crippen molar-refractivity contribution < 1.29 is 22.4 Å². The molecule has 1 N–H and O–H groups in total. The maximum absolute atomic E-state index is 11.8. The summed E-state index contributed by atoms with van der Waals surface area (Å²) in [5.41, 5.74) is 0. The second-order valence-corrected chi connectivity index (χ2v) is 5.87. The summed E-state index contributed by atoms with van der Waals surface area (Å²) in [7, 11) is -1.65. The summed E-state index contributed by atoms with van der Waals surface area (Å²) in [6.07, 6.45) is 1.45. The van der Waals surface area contributed by atoms with Crippen LogP contribution in [0.3, 0.4) is 0 Å². The molecule has 1 aromatic heterocycles. The second kappa shape index (κ2) is 4.95. The first-order valence-electron chi connectivity index (χ1n) is 5.29. The Bertz CT molecular complexity index is 572. The number of carbonyl (C=O) groups excluding carboxylic acids is 1. The van der Waals surface area contributed by atoms with Crippen LogP contribution in [0.5, 0.6) is 0 Å². The minimum Gasteiger partial charge on any atom is -0.453 e. The maximum atomic E-state index is 11.8. The van der Waals surface area contributed by atoms with Crippen molar-refractivity contribution in [3.05, 3.63) is 35.1 Å². The molecule has 0 aliphatic carbocycles. The molecule has 1 atom stereocenters. The molecule has 1 aliphatic heterocycles. The minimum absolute atomic E-state index is 0.107. The molecule has 0 aromatic carbocycles. The standard InChI is InChI=1S/C11H13NO5S/c1-16-6-9-2-3-10(17-9)11(13)12-8-4-5-18(14,15)7-8/h2-5,8H,6-7H2,1H3,(H,12,13). The Kier molecular flexibility index (Phi) is 3.53. The predicted molar refractivity (Wildman–Crippen MR) is 63.6 cm³/mol. The normalized spacial score (nSPS) is 21.1. The summed E-state index contributed by atoms with van der Waals surface area (Å²) in [5.74, 6) is 0.130. The molecule has 1 amide bonds. The Morgan fingerprint density at radius 2 is 2.33 bits per heavy atom. The van der Waals surface area contributed by atoms with Gasteiger partial charge in [0.2, 0.25) is 0 Å². The van der Waals surface area contributed by atoms with E-state index in [4.69, 9.17) is 9.15 Å². The van der Waals surface area contributed by atoms with E-state index in [2.05, 4.69) is 5.32 Å². The van der Waals surface area contributed by atoms with Crippen molar-refractivity contribution in [2.24, 2.45) is 0 Å². The minimum atomic E-state index is -3.17. The number of hydrogen-bond donors (Lipinski definition) is 1. The van der Waals surface area contributed by atoms with Gasteiger partial charge in [-0.3, -0.25) is 4.79 Å². The van der Waals surface area contributed by atoms with Crippen molar-refractivity contribution in [2.75, 3.05) is 12.9 Å². The van der Waals surface area contributed by atoms with Crippen molar-refractivity contribution in [2.45, 2.75) is 12.6 Å². The Morgan fingerprint density at radius 3 is 2.94 bits per heavy atom. The van der Waals surface area contributed by atoms with E-state index in [1.165, 1.54) is 19.3 Å². The smallest absolute Gasteiger partial charge is 0.287 e. The number of carbonyl (C=O) groups is 1. The first-order valence-corrected chi connectivity index (χ1v) is 7.01. The number of ether oxygens (including phenoxy) is 1. The summed E-state index contributed by atoms with van der Waals surface area (Å²) in [6.45, 7) is 0.283. The highest BCUT2D eigenvalue weighted by atomic mass is 32.2. The zero-order valence-electron chi connectivity index (χ0n) is 9.75. The number of methoxy groups -OCH3 is 1. The van der Waals surface area contributed by atoms with Gasteiger partial charge in [0, 0.05) is 12.5 Å². The molecule has 0 bridgehead atoms. The SMILES string of the molecule is COCc1ccc(C(=O)NC2C=CS(=O)(=O)C2)o1. The average Bonchev–Trinajstić information content (AvgIpc) is 2.86. The lowest BCUT2D eigenvalue weighted by molar-refractivity contribution is 0.0911. The van der Waals surface area contributed by atoms with Crippen LogP contribution in [0.2, 0.25) is 0 Å². The van der Waals surface area contributed by atoms with Crippen LogP contribution in [0.1, 0.15) is 16.3 Å². The number of furan rings is 1. The second-order valence-electron chi connectivity index (χ2n) is 3.94. The topological polar surface area (TPSA) is 85.6 Å². The lowest BCUT2D eigenvalue weighted by atomic mass is 10.3. The fraction of sp³-hybridized carbons (Fsp3) is 0.364. The third-order valence-electron chi connectivity index (χ3n) is 2.42. The van der Waals surface area contributed by atoms with Crippen LogP contribution in [0, 0.1) is 0 Å². The molecule has 2 rings (SSSR count). The number of amides is 1. The molecule has 6 nitrogen and oxygen atoms in total. The molecule has 0 spiro atoms. The average molecular weight is 271 g/mol. The van der Waals surface area contributed by atoms with Gasteiger partial charge in [-0.25, -0.2) is 8.42 Å². The highest BCUT2D eigenvalue weighted by molar-refractivity contribution is 7.94. The molecular weight excluding hydrogens is 258 g/mol. The predicted octanol–water partition coefficient (Wildman–Crippen LogP) is 0.467. The van der Waals surface area contributed by atoms with Gasteiger partial charge in [0.1, 0.15) is 12.4 Å². The third kappa shape index (κ3) is 2.99. The van der Waals surface area contributed by atoms with Gasteiger partial charge in [0.05, 0.1) is 11.8 Å². The molecule has 2 heterocycles. The van der Waals surface area contributed by atoms with E-state index in [-0.39, 0.29) is 18.1 Å². The first-order chi connectivity index (χ1) is 8.50. The lowest BCUT2D eigenvalue weighted by Crippen LogP contribution is -2.35. The van der Waals surface area contributed by atoms with Crippen LogP contribution in [-0.2, 0) is 21.2 Å². The quantitative estimate of drug-likeness (QED) is 0.860. The summed E-state index contributed by atoms with van der Waals surface area (Å²) in [6, 6.07) is 2.66. The zero-order chi connectivity index (χ0) is 13.2. The summed E-state index contributed by atoms with van der Waals surface area (Å²) in [5, 5.41) is 3.67. The van der Waals surface area contributed by atoms with Crippen LogP contribution >= 0.6 is 0 Å². The molecule has 1 aromatic rings. The van der Waals surface area contributed by atoms with Crippen LogP contribution in [-0.4, -0.2) is 33.2 Å². The highest BCUT2D eigenvalue weighted by Gasteiger charge is 2.24. The third-order valence-corrected chi connectivity index (χ3v) is 3.81. The van der Waals surface area contributed by atoms with Crippen molar-refractivity contribution >= 4 is 15.7 Å². The number of hydrogen-bond acceptors (Lipinski definition) is 5. The zero-order valence-corrected chi connectivity index (χ0v) is 10.6.